The van der Waals surface area contributed by atoms with Crippen LogP contribution in [-0.4, -0.2) is 11.7 Å². The molecule has 0 aliphatic heterocycles. The van der Waals surface area contributed by atoms with Crippen LogP contribution in [0, 0.1) is 0 Å². The molecular weight excluding hydrogens is 274 g/mol. The Labute approximate surface area is 124 Å². The van der Waals surface area contributed by atoms with Crippen LogP contribution < -0.4 is 11.2 Å². The van der Waals surface area contributed by atoms with Crippen molar-refractivity contribution in [1.82, 2.24) is 5.43 Å². The second kappa shape index (κ2) is 6.75. The molecule has 1 aliphatic rings. The van der Waals surface area contributed by atoms with Crippen molar-refractivity contribution in [2.75, 3.05) is 0 Å². The van der Waals surface area contributed by atoms with Gasteiger partial charge in [0, 0.05) is 5.02 Å². The van der Waals surface area contributed by atoms with Crippen LogP contribution in [0.1, 0.15) is 56.1 Å². The zero-order chi connectivity index (χ0) is 14.5. The molecule has 108 valence electrons. The summed E-state index contributed by atoms with van der Waals surface area (Å²) in [4.78, 5) is 10.6. The van der Waals surface area contributed by atoms with Gasteiger partial charge in [-0.3, -0.25) is 0 Å². The average molecular weight is 294 g/mol. The Kier molecular flexibility index (Phi) is 5.01. The van der Waals surface area contributed by atoms with E-state index in [4.69, 9.17) is 17.3 Å². The highest BCUT2D eigenvalue weighted by Crippen LogP contribution is 2.36. The maximum atomic E-state index is 10.6. The van der Waals surface area contributed by atoms with Gasteiger partial charge in [-0.25, -0.2) is 10.2 Å². The van der Waals surface area contributed by atoms with Crippen LogP contribution in [0.25, 0.3) is 0 Å². The van der Waals surface area contributed by atoms with Crippen molar-refractivity contribution in [3.8, 4) is 0 Å². The van der Waals surface area contributed by atoms with Crippen molar-refractivity contribution in [3.05, 3.63) is 34.3 Å². The first kappa shape index (κ1) is 14.9. The largest absolute Gasteiger partial charge is 0.350 e. The second-order valence-electron chi connectivity index (χ2n) is 5.24. The lowest BCUT2D eigenvalue weighted by atomic mass is 9.84. The lowest BCUT2D eigenvalue weighted by Crippen LogP contribution is -2.25. The monoisotopic (exact) mass is 293 g/mol. The molecule has 2 amide bonds. The van der Waals surface area contributed by atoms with Crippen LogP contribution in [0.2, 0.25) is 5.02 Å². The van der Waals surface area contributed by atoms with Gasteiger partial charge in [-0.15, -0.1) is 0 Å². The van der Waals surface area contributed by atoms with Crippen molar-refractivity contribution in [1.29, 1.82) is 0 Å². The fraction of sp³-hybridized carbons (Fsp3) is 0.467. The maximum absolute atomic E-state index is 10.6. The predicted molar refractivity (Wildman–Crippen MR) is 82.2 cm³/mol. The van der Waals surface area contributed by atoms with Crippen LogP contribution in [0.5, 0.6) is 0 Å². The molecule has 3 N–H and O–H groups in total. The summed E-state index contributed by atoms with van der Waals surface area (Å²) >= 11 is 6.40. The lowest BCUT2D eigenvalue weighted by molar-refractivity contribution is 0.249. The predicted octanol–water partition coefficient (Wildman–Crippen LogP) is 3.78. The molecule has 2 rings (SSSR count). The molecule has 1 saturated carbocycles. The van der Waals surface area contributed by atoms with E-state index in [-0.39, 0.29) is 0 Å². The first-order chi connectivity index (χ1) is 9.58. The summed E-state index contributed by atoms with van der Waals surface area (Å²) in [7, 11) is 0. The number of carbonyl (C=O) groups is 1. The maximum Gasteiger partial charge on any atom is 0.332 e. The summed E-state index contributed by atoms with van der Waals surface area (Å²) in [5.74, 6) is 0.575. The van der Waals surface area contributed by atoms with Gasteiger partial charge in [0.15, 0.2) is 0 Å². The number of amides is 2. The summed E-state index contributed by atoms with van der Waals surface area (Å²) in [5.41, 5.74) is 10.0. The van der Waals surface area contributed by atoms with E-state index in [1.165, 1.54) is 37.7 Å². The number of hydrazone groups is 1. The van der Waals surface area contributed by atoms with E-state index in [0.717, 1.165) is 10.6 Å². The Morgan fingerprint density at radius 2 is 2.05 bits per heavy atom. The molecule has 0 bridgehead atoms. The Morgan fingerprint density at radius 1 is 1.35 bits per heavy atom. The molecular formula is C15H20ClN3O. The molecule has 1 aromatic carbocycles. The number of nitrogens with zero attached hydrogens (tertiary/aromatic N) is 1. The van der Waals surface area contributed by atoms with Crippen LogP contribution in [0.3, 0.4) is 0 Å². The zero-order valence-corrected chi connectivity index (χ0v) is 12.4. The van der Waals surface area contributed by atoms with Gasteiger partial charge in [-0.05, 0) is 42.9 Å². The number of carbonyl (C=O) groups excluding carboxylic acids is 1. The third-order valence-corrected chi connectivity index (χ3v) is 4.12. The summed E-state index contributed by atoms with van der Waals surface area (Å²) < 4.78 is 0. The molecule has 0 atom stereocenters. The molecule has 1 fully saturated rings. The quantitative estimate of drug-likeness (QED) is 0.646. The van der Waals surface area contributed by atoms with E-state index in [2.05, 4.69) is 16.6 Å². The Balaban J connectivity index is 2.16. The molecule has 1 aromatic rings. The van der Waals surface area contributed by atoms with Crippen molar-refractivity contribution >= 4 is 23.3 Å². The number of nitrogens with two attached hydrogens (primary N) is 1. The van der Waals surface area contributed by atoms with Gasteiger partial charge < -0.3 is 5.73 Å². The first-order valence-corrected chi connectivity index (χ1v) is 7.35. The third-order valence-electron chi connectivity index (χ3n) is 3.80. The van der Waals surface area contributed by atoms with E-state index >= 15 is 0 Å². The Bertz CT molecular complexity index is 522. The van der Waals surface area contributed by atoms with Crippen LogP contribution in [0.15, 0.2) is 23.3 Å². The number of nitrogens with one attached hydrogen (secondary N) is 1. The minimum Gasteiger partial charge on any atom is -0.350 e. The van der Waals surface area contributed by atoms with Gasteiger partial charge in [0.25, 0.3) is 0 Å². The summed E-state index contributed by atoms with van der Waals surface area (Å²) in [6.45, 7) is 1.81. The van der Waals surface area contributed by atoms with Gasteiger partial charge in [0.1, 0.15) is 0 Å². The van der Waals surface area contributed by atoms with Gasteiger partial charge in [-0.2, -0.15) is 5.10 Å². The zero-order valence-electron chi connectivity index (χ0n) is 11.7. The van der Waals surface area contributed by atoms with Gasteiger partial charge in [0.05, 0.1) is 5.71 Å². The molecule has 0 aromatic heterocycles. The number of urea groups is 1. The number of primary amides is 1. The van der Waals surface area contributed by atoms with E-state index in [1.807, 2.05) is 19.1 Å². The molecule has 0 spiro atoms. The molecule has 5 heteroatoms. The van der Waals surface area contributed by atoms with Gasteiger partial charge in [0.2, 0.25) is 0 Å². The fourth-order valence-electron chi connectivity index (χ4n) is 2.70. The van der Waals surface area contributed by atoms with E-state index in [0.29, 0.717) is 11.6 Å². The van der Waals surface area contributed by atoms with Gasteiger partial charge in [-0.1, -0.05) is 43.0 Å². The normalized spacial score (nSPS) is 17.0. The molecule has 1 aliphatic carbocycles. The highest BCUT2D eigenvalue weighted by Gasteiger charge is 2.18. The molecule has 0 heterocycles. The summed E-state index contributed by atoms with van der Waals surface area (Å²) in [6, 6.07) is 5.32. The highest BCUT2D eigenvalue weighted by atomic mass is 35.5. The van der Waals surface area contributed by atoms with E-state index in [1.54, 1.807) is 0 Å². The molecule has 0 unspecified atom stereocenters. The Morgan fingerprint density at radius 3 is 2.65 bits per heavy atom. The minimum absolute atomic E-state index is 0.575. The Hall–Kier alpha value is -1.55. The highest BCUT2D eigenvalue weighted by molar-refractivity contribution is 6.31. The van der Waals surface area contributed by atoms with Crippen LogP contribution >= 0.6 is 11.6 Å². The number of benzene rings is 1. The van der Waals surface area contributed by atoms with Crippen molar-refractivity contribution in [2.24, 2.45) is 10.8 Å². The topological polar surface area (TPSA) is 67.5 Å². The van der Waals surface area contributed by atoms with Crippen LogP contribution in [-0.2, 0) is 0 Å². The fourth-order valence-corrected chi connectivity index (χ4v) is 3.04. The minimum atomic E-state index is -0.672. The van der Waals surface area contributed by atoms with Crippen LogP contribution in [0.4, 0.5) is 4.79 Å². The summed E-state index contributed by atoms with van der Waals surface area (Å²) in [6.07, 6.45) is 6.33. The smallest absolute Gasteiger partial charge is 0.332 e. The third kappa shape index (κ3) is 3.73. The van der Waals surface area contributed by atoms with Crippen molar-refractivity contribution in [2.45, 2.75) is 44.9 Å². The lowest BCUT2D eigenvalue weighted by Gasteiger charge is -2.23. The van der Waals surface area contributed by atoms with E-state index < -0.39 is 6.03 Å². The number of rotatable bonds is 3. The van der Waals surface area contributed by atoms with Crippen molar-refractivity contribution in [3.63, 3.8) is 0 Å². The average Bonchev–Trinajstić information content (AvgIpc) is 2.45. The molecule has 20 heavy (non-hydrogen) atoms. The standard InChI is InChI=1S/C15H20ClN3O/c1-10(18-19-15(17)20)12-7-8-13(14(16)9-12)11-5-3-2-4-6-11/h7-9,11H,2-6H2,1H3,(H3,17,19,20). The number of halogens is 1. The molecule has 0 radical (unpaired) electrons. The molecule has 0 saturated heterocycles. The molecule has 4 nitrogen and oxygen atoms in total. The first-order valence-electron chi connectivity index (χ1n) is 6.97. The SMILES string of the molecule is CC(=NNC(N)=O)c1ccc(C2CCCCC2)c(Cl)c1. The van der Waals surface area contributed by atoms with Crippen molar-refractivity contribution < 1.29 is 4.79 Å². The second-order valence-corrected chi connectivity index (χ2v) is 5.65. The number of hydrogen-bond donors (Lipinski definition) is 2. The summed E-state index contributed by atoms with van der Waals surface area (Å²) in [5, 5.41) is 4.69. The number of hydrogen-bond acceptors (Lipinski definition) is 2. The van der Waals surface area contributed by atoms with E-state index in [9.17, 15) is 4.79 Å². The van der Waals surface area contributed by atoms with Gasteiger partial charge >= 0.3 is 6.03 Å².